The highest BCUT2D eigenvalue weighted by Gasteiger charge is 2.18. The molecule has 0 bridgehead atoms. The predicted octanol–water partition coefficient (Wildman–Crippen LogP) is 7.28. The van der Waals surface area contributed by atoms with Crippen LogP contribution in [0.4, 0.5) is 0 Å². The van der Waals surface area contributed by atoms with E-state index in [2.05, 4.69) is 84.9 Å². The van der Waals surface area contributed by atoms with E-state index < -0.39 is 8.07 Å². The van der Waals surface area contributed by atoms with Gasteiger partial charge in [0.1, 0.15) is 6.73 Å². The van der Waals surface area contributed by atoms with Crippen molar-refractivity contribution in [3.63, 3.8) is 0 Å². The Morgan fingerprint density at radius 1 is 0.839 bits per heavy atom. The van der Waals surface area contributed by atoms with Gasteiger partial charge in [-0.3, -0.25) is 0 Å². The summed E-state index contributed by atoms with van der Waals surface area (Å²) in [5.41, 5.74) is 3.09. The molecule has 0 radical (unpaired) electrons. The average molecular weight is 423 g/mol. The number of ether oxygens (including phenoxy) is 1. The molecule has 5 aromatic rings. The molecule has 1 aromatic heterocycles. The molecule has 0 aliphatic carbocycles. The molecule has 4 heteroatoms. The molecule has 3 nitrogen and oxygen atoms in total. The zero-order valence-corrected chi connectivity index (χ0v) is 19.3. The van der Waals surface area contributed by atoms with Crippen LogP contribution in [0.5, 0.6) is 0 Å². The SMILES string of the molecule is C[Si](C)(C)CCOCn1c2ccccc2c2c3ccc(C#N)cc3c3ccccc3c21. The van der Waals surface area contributed by atoms with Crippen molar-refractivity contribution in [3.8, 4) is 6.07 Å². The third kappa shape index (κ3) is 3.40. The zero-order valence-electron chi connectivity index (χ0n) is 18.3. The summed E-state index contributed by atoms with van der Waals surface area (Å²) in [4.78, 5) is 0. The molecule has 31 heavy (non-hydrogen) atoms. The van der Waals surface area contributed by atoms with Crippen molar-refractivity contribution in [2.45, 2.75) is 32.4 Å². The van der Waals surface area contributed by atoms with Gasteiger partial charge >= 0.3 is 0 Å². The van der Waals surface area contributed by atoms with Crippen molar-refractivity contribution in [2.24, 2.45) is 0 Å². The lowest BCUT2D eigenvalue weighted by Crippen LogP contribution is -2.22. The van der Waals surface area contributed by atoms with Crippen LogP contribution in [0.25, 0.3) is 43.4 Å². The molecule has 0 saturated heterocycles. The van der Waals surface area contributed by atoms with Crippen LogP contribution in [0.3, 0.4) is 0 Å². The maximum Gasteiger partial charge on any atom is 0.123 e. The number of fused-ring (bicyclic) bond motifs is 8. The van der Waals surface area contributed by atoms with Gasteiger partial charge in [-0.05, 0) is 40.4 Å². The number of hydrogen-bond acceptors (Lipinski definition) is 2. The van der Waals surface area contributed by atoms with Crippen molar-refractivity contribution in [3.05, 3.63) is 72.3 Å². The molecule has 4 aromatic carbocycles. The van der Waals surface area contributed by atoms with E-state index in [4.69, 9.17) is 4.74 Å². The minimum atomic E-state index is -1.14. The second-order valence-corrected chi connectivity index (χ2v) is 15.1. The summed E-state index contributed by atoms with van der Waals surface area (Å²) in [5, 5.41) is 16.6. The molecular formula is C27H26N2OSi. The predicted molar refractivity (Wildman–Crippen MR) is 133 cm³/mol. The molecule has 0 unspecified atom stereocenters. The molecule has 0 N–H and O–H groups in total. The molecule has 0 saturated carbocycles. The zero-order chi connectivity index (χ0) is 21.6. The standard InChI is InChI=1S/C27H26N2OSi/c1-31(2,3)15-14-30-18-29-25-11-7-6-10-23(25)26-21-13-12-19(17-28)16-24(21)20-8-4-5-9-22(20)27(26)29/h4-13,16H,14-15,18H2,1-3H3. The minimum Gasteiger partial charge on any atom is -0.361 e. The Morgan fingerprint density at radius 3 is 2.29 bits per heavy atom. The van der Waals surface area contributed by atoms with Crippen LogP contribution >= 0.6 is 0 Å². The monoisotopic (exact) mass is 422 g/mol. The number of rotatable bonds is 5. The lowest BCUT2D eigenvalue weighted by Gasteiger charge is -2.16. The second-order valence-electron chi connectivity index (χ2n) is 9.43. The molecule has 0 aliphatic heterocycles. The second kappa shape index (κ2) is 7.53. The van der Waals surface area contributed by atoms with E-state index in [-0.39, 0.29) is 0 Å². The summed E-state index contributed by atoms with van der Waals surface area (Å²) in [6, 6.07) is 26.6. The Bertz CT molecular complexity index is 1480. The van der Waals surface area contributed by atoms with Crippen molar-refractivity contribution in [2.75, 3.05) is 6.61 Å². The Hall–Kier alpha value is -3.13. The molecule has 154 valence electrons. The lowest BCUT2D eigenvalue weighted by atomic mass is 9.95. The van der Waals surface area contributed by atoms with Crippen molar-refractivity contribution >= 4 is 51.4 Å². The molecule has 5 rings (SSSR count). The summed E-state index contributed by atoms with van der Waals surface area (Å²) in [6.45, 7) is 8.48. The number of aromatic nitrogens is 1. The van der Waals surface area contributed by atoms with E-state index in [0.717, 1.165) is 18.0 Å². The van der Waals surface area contributed by atoms with E-state index in [1.54, 1.807) is 0 Å². The molecule has 0 aliphatic rings. The summed E-state index contributed by atoms with van der Waals surface area (Å²) in [7, 11) is -1.14. The first kappa shape index (κ1) is 19.8. The fourth-order valence-corrected chi connectivity index (χ4v) is 5.26. The third-order valence-corrected chi connectivity index (χ3v) is 7.78. The van der Waals surface area contributed by atoms with Crippen LogP contribution in [-0.2, 0) is 11.5 Å². The molecule has 0 spiro atoms. The van der Waals surface area contributed by atoms with Gasteiger partial charge in [-0.25, -0.2) is 0 Å². The van der Waals surface area contributed by atoms with Crippen molar-refractivity contribution in [1.82, 2.24) is 4.57 Å². The average Bonchev–Trinajstić information content (AvgIpc) is 3.10. The van der Waals surface area contributed by atoms with Crippen molar-refractivity contribution < 1.29 is 4.74 Å². The van der Waals surface area contributed by atoms with Crippen LogP contribution in [0.1, 0.15) is 5.56 Å². The van der Waals surface area contributed by atoms with E-state index in [0.29, 0.717) is 12.3 Å². The summed E-state index contributed by atoms with van der Waals surface area (Å²) in [5.74, 6) is 0. The molecule has 0 fully saturated rings. The quantitative estimate of drug-likeness (QED) is 0.169. The summed E-state index contributed by atoms with van der Waals surface area (Å²) in [6.07, 6.45) is 0. The third-order valence-electron chi connectivity index (χ3n) is 6.08. The van der Waals surface area contributed by atoms with Gasteiger partial charge in [-0.1, -0.05) is 68.2 Å². The van der Waals surface area contributed by atoms with E-state index in [1.165, 1.54) is 38.0 Å². The van der Waals surface area contributed by atoms with Crippen LogP contribution in [-0.4, -0.2) is 19.2 Å². The number of hydrogen-bond donors (Lipinski definition) is 0. The Labute approximate surface area is 183 Å². The number of nitriles is 1. The molecular weight excluding hydrogens is 396 g/mol. The van der Waals surface area contributed by atoms with Gasteiger partial charge in [0, 0.05) is 30.8 Å². The van der Waals surface area contributed by atoms with Crippen LogP contribution in [0.2, 0.25) is 25.7 Å². The summed E-state index contributed by atoms with van der Waals surface area (Å²) < 4.78 is 8.55. The minimum absolute atomic E-state index is 0.542. The van der Waals surface area contributed by atoms with Crippen LogP contribution < -0.4 is 0 Å². The highest BCUT2D eigenvalue weighted by atomic mass is 28.3. The number of benzene rings is 4. The molecule has 0 amide bonds. The van der Waals surface area contributed by atoms with Crippen LogP contribution in [0.15, 0.2) is 66.7 Å². The van der Waals surface area contributed by atoms with Crippen LogP contribution in [0, 0.1) is 11.3 Å². The van der Waals surface area contributed by atoms with Gasteiger partial charge in [0.05, 0.1) is 22.7 Å². The van der Waals surface area contributed by atoms with Gasteiger partial charge in [0.15, 0.2) is 0 Å². The largest absolute Gasteiger partial charge is 0.361 e. The maximum atomic E-state index is 9.47. The van der Waals surface area contributed by atoms with E-state index >= 15 is 0 Å². The molecule has 0 atom stereocenters. The van der Waals surface area contributed by atoms with Gasteiger partial charge < -0.3 is 9.30 Å². The number of nitrogens with zero attached hydrogens (tertiary/aromatic N) is 2. The van der Waals surface area contributed by atoms with Gasteiger partial charge in [-0.2, -0.15) is 5.26 Å². The fourth-order valence-electron chi connectivity index (χ4n) is 4.50. The Morgan fingerprint density at radius 2 is 1.55 bits per heavy atom. The highest BCUT2D eigenvalue weighted by Crippen LogP contribution is 2.41. The first-order valence-electron chi connectivity index (χ1n) is 10.8. The molecule has 1 heterocycles. The highest BCUT2D eigenvalue weighted by molar-refractivity contribution is 6.76. The first-order valence-corrected chi connectivity index (χ1v) is 14.5. The van der Waals surface area contributed by atoms with Crippen molar-refractivity contribution in [1.29, 1.82) is 5.26 Å². The maximum absolute atomic E-state index is 9.47. The van der Waals surface area contributed by atoms with Gasteiger partial charge in [0.2, 0.25) is 0 Å². The van der Waals surface area contributed by atoms with E-state index in [1.807, 2.05) is 12.1 Å². The first-order chi connectivity index (χ1) is 15.0. The normalized spacial score (nSPS) is 12.2. The van der Waals surface area contributed by atoms with E-state index in [9.17, 15) is 5.26 Å². The smallest absolute Gasteiger partial charge is 0.123 e. The topological polar surface area (TPSA) is 38.0 Å². The fraction of sp³-hybridized carbons (Fsp3) is 0.222. The number of para-hydroxylation sites is 1. The lowest BCUT2D eigenvalue weighted by molar-refractivity contribution is 0.0930. The Balaban J connectivity index is 1.82. The van der Waals surface area contributed by atoms with Gasteiger partial charge in [0.25, 0.3) is 0 Å². The van der Waals surface area contributed by atoms with Gasteiger partial charge in [-0.15, -0.1) is 0 Å². The summed E-state index contributed by atoms with van der Waals surface area (Å²) >= 11 is 0. The Kier molecular flexibility index (Phi) is 4.81.